The summed E-state index contributed by atoms with van der Waals surface area (Å²) in [5, 5.41) is 4.37. The first-order valence-corrected chi connectivity index (χ1v) is 11.2. The molecule has 2 aromatic rings. The zero-order valence-electron chi connectivity index (χ0n) is 17.4. The first-order valence-electron chi connectivity index (χ1n) is 10.0. The number of carbonyl (C=O) groups is 2. The van der Waals surface area contributed by atoms with Crippen LogP contribution in [0.2, 0.25) is 15.1 Å². The van der Waals surface area contributed by atoms with Crippen molar-refractivity contribution >= 4 is 46.6 Å². The quantitative estimate of drug-likeness (QED) is 0.496. The molecular formula is C23H27Cl3N2O2. The van der Waals surface area contributed by atoms with E-state index in [4.69, 9.17) is 34.8 Å². The minimum absolute atomic E-state index is 0.0267. The SMILES string of the molecule is CC[C@H](C(=O)N[C@@H](C)CC)N(Cc1ccccc1Cl)C(=O)Cc1ccc(Cl)c(Cl)c1. The van der Waals surface area contributed by atoms with Gasteiger partial charge < -0.3 is 10.2 Å². The van der Waals surface area contributed by atoms with E-state index in [1.807, 2.05) is 39.0 Å². The predicted molar refractivity (Wildman–Crippen MR) is 124 cm³/mol. The van der Waals surface area contributed by atoms with Crippen molar-refractivity contribution in [2.45, 2.75) is 58.7 Å². The van der Waals surface area contributed by atoms with E-state index < -0.39 is 6.04 Å². The lowest BCUT2D eigenvalue weighted by Gasteiger charge is -2.32. The highest BCUT2D eigenvalue weighted by Crippen LogP contribution is 2.24. The number of nitrogens with one attached hydrogen (secondary N) is 1. The fourth-order valence-corrected chi connectivity index (χ4v) is 3.61. The maximum Gasteiger partial charge on any atom is 0.243 e. The van der Waals surface area contributed by atoms with Crippen LogP contribution in [0.1, 0.15) is 44.7 Å². The van der Waals surface area contributed by atoms with Crippen LogP contribution in [0.3, 0.4) is 0 Å². The normalized spacial score (nSPS) is 12.9. The highest BCUT2D eigenvalue weighted by molar-refractivity contribution is 6.42. The van der Waals surface area contributed by atoms with Crippen LogP contribution < -0.4 is 5.32 Å². The Bertz CT molecular complexity index is 889. The Hall–Kier alpha value is -1.75. The molecule has 0 aliphatic rings. The Morgan fingerprint density at radius 2 is 1.67 bits per heavy atom. The molecule has 2 rings (SSSR count). The molecule has 0 saturated heterocycles. The number of carbonyl (C=O) groups excluding carboxylic acids is 2. The molecule has 0 spiro atoms. The number of hydrogen-bond donors (Lipinski definition) is 1. The molecule has 0 heterocycles. The summed E-state index contributed by atoms with van der Waals surface area (Å²) in [7, 11) is 0. The molecule has 7 heteroatoms. The summed E-state index contributed by atoms with van der Waals surface area (Å²) in [6.45, 7) is 6.09. The summed E-state index contributed by atoms with van der Waals surface area (Å²) in [5.41, 5.74) is 1.52. The average molecular weight is 470 g/mol. The molecule has 0 aromatic heterocycles. The van der Waals surface area contributed by atoms with Gasteiger partial charge in [-0.1, -0.05) is 72.9 Å². The van der Waals surface area contributed by atoms with Gasteiger partial charge in [0.25, 0.3) is 0 Å². The number of benzene rings is 2. The van der Waals surface area contributed by atoms with Gasteiger partial charge in [0.2, 0.25) is 11.8 Å². The summed E-state index contributed by atoms with van der Waals surface area (Å²) in [5.74, 6) is -0.346. The largest absolute Gasteiger partial charge is 0.352 e. The topological polar surface area (TPSA) is 49.4 Å². The molecule has 2 aromatic carbocycles. The van der Waals surface area contributed by atoms with Crippen LogP contribution in [0.15, 0.2) is 42.5 Å². The van der Waals surface area contributed by atoms with Crippen molar-refractivity contribution in [3.8, 4) is 0 Å². The molecule has 2 atom stereocenters. The van der Waals surface area contributed by atoms with E-state index in [-0.39, 0.29) is 30.8 Å². The summed E-state index contributed by atoms with van der Waals surface area (Å²) < 4.78 is 0. The molecule has 0 saturated carbocycles. The molecule has 2 amide bonds. The van der Waals surface area contributed by atoms with Gasteiger partial charge in [-0.25, -0.2) is 0 Å². The van der Waals surface area contributed by atoms with Crippen LogP contribution in [0.5, 0.6) is 0 Å². The van der Waals surface area contributed by atoms with Crippen LogP contribution in [0.4, 0.5) is 0 Å². The zero-order chi connectivity index (χ0) is 22.3. The Morgan fingerprint density at radius 1 is 0.967 bits per heavy atom. The summed E-state index contributed by atoms with van der Waals surface area (Å²) in [6.07, 6.45) is 1.40. The highest BCUT2D eigenvalue weighted by atomic mass is 35.5. The zero-order valence-corrected chi connectivity index (χ0v) is 19.7. The lowest BCUT2D eigenvalue weighted by atomic mass is 10.1. The molecule has 0 fully saturated rings. The van der Waals surface area contributed by atoms with Crippen LogP contribution in [-0.2, 0) is 22.6 Å². The van der Waals surface area contributed by atoms with Crippen molar-refractivity contribution in [3.05, 3.63) is 68.7 Å². The second-order valence-corrected chi connectivity index (χ2v) is 8.50. The first kappa shape index (κ1) is 24.5. The van der Waals surface area contributed by atoms with Crippen LogP contribution >= 0.6 is 34.8 Å². The molecule has 0 aliphatic heterocycles. The fourth-order valence-electron chi connectivity index (χ4n) is 3.10. The minimum Gasteiger partial charge on any atom is -0.352 e. The van der Waals surface area contributed by atoms with Gasteiger partial charge >= 0.3 is 0 Å². The molecule has 4 nitrogen and oxygen atoms in total. The molecule has 0 unspecified atom stereocenters. The van der Waals surface area contributed by atoms with Gasteiger partial charge in [-0.05, 0) is 49.1 Å². The Kier molecular flexibility index (Phi) is 9.47. The maximum atomic E-state index is 13.3. The average Bonchev–Trinajstić information content (AvgIpc) is 2.71. The number of amides is 2. The van der Waals surface area contributed by atoms with Gasteiger partial charge in [-0.2, -0.15) is 0 Å². The highest BCUT2D eigenvalue weighted by Gasteiger charge is 2.29. The lowest BCUT2D eigenvalue weighted by Crippen LogP contribution is -2.51. The van der Waals surface area contributed by atoms with Gasteiger partial charge in [-0.3, -0.25) is 9.59 Å². The van der Waals surface area contributed by atoms with Crippen molar-refractivity contribution in [3.63, 3.8) is 0 Å². The van der Waals surface area contributed by atoms with Crippen molar-refractivity contribution in [2.24, 2.45) is 0 Å². The lowest BCUT2D eigenvalue weighted by molar-refractivity contribution is -0.141. The number of nitrogens with zero attached hydrogens (tertiary/aromatic N) is 1. The summed E-state index contributed by atoms with van der Waals surface area (Å²) in [4.78, 5) is 27.8. The smallest absolute Gasteiger partial charge is 0.243 e. The van der Waals surface area contributed by atoms with Gasteiger partial charge in [0.1, 0.15) is 6.04 Å². The summed E-state index contributed by atoms with van der Waals surface area (Å²) >= 11 is 18.4. The van der Waals surface area contributed by atoms with E-state index in [2.05, 4.69) is 5.32 Å². The molecule has 0 radical (unpaired) electrons. The fraction of sp³-hybridized carbons (Fsp3) is 0.391. The van der Waals surface area contributed by atoms with Crippen LogP contribution in [0.25, 0.3) is 0 Å². The van der Waals surface area contributed by atoms with Crippen molar-refractivity contribution < 1.29 is 9.59 Å². The van der Waals surface area contributed by atoms with E-state index in [0.29, 0.717) is 21.5 Å². The molecular weight excluding hydrogens is 443 g/mol. The van der Waals surface area contributed by atoms with Gasteiger partial charge in [-0.15, -0.1) is 0 Å². The monoisotopic (exact) mass is 468 g/mol. The Labute approximate surface area is 193 Å². The number of halogens is 3. The van der Waals surface area contributed by atoms with Crippen molar-refractivity contribution in [2.75, 3.05) is 0 Å². The Balaban J connectivity index is 2.33. The second kappa shape index (κ2) is 11.6. The second-order valence-electron chi connectivity index (χ2n) is 7.28. The van der Waals surface area contributed by atoms with Crippen molar-refractivity contribution in [1.82, 2.24) is 10.2 Å². The predicted octanol–water partition coefficient (Wildman–Crippen LogP) is 5.91. The number of rotatable bonds is 9. The van der Waals surface area contributed by atoms with E-state index >= 15 is 0 Å². The van der Waals surface area contributed by atoms with E-state index in [0.717, 1.165) is 17.5 Å². The molecule has 162 valence electrons. The summed E-state index contributed by atoms with van der Waals surface area (Å²) in [6, 6.07) is 11.9. The van der Waals surface area contributed by atoms with Gasteiger partial charge in [0.15, 0.2) is 0 Å². The van der Waals surface area contributed by atoms with E-state index in [1.54, 1.807) is 29.2 Å². The van der Waals surface area contributed by atoms with Crippen LogP contribution in [0, 0.1) is 0 Å². The molecule has 30 heavy (non-hydrogen) atoms. The Morgan fingerprint density at radius 3 is 2.27 bits per heavy atom. The standard InChI is InChI=1S/C23H27Cl3N2O2/c1-4-15(3)27-23(30)21(5-2)28(14-17-8-6-7-9-18(17)24)22(29)13-16-10-11-19(25)20(26)12-16/h6-12,15,21H,4-5,13-14H2,1-3H3,(H,27,30)/t15-,21+/m0/s1. The van der Waals surface area contributed by atoms with Crippen LogP contribution in [-0.4, -0.2) is 28.8 Å². The third-order valence-electron chi connectivity index (χ3n) is 5.02. The van der Waals surface area contributed by atoms with Crippen molar-refractivity contribution in [1.29, 1.82) is 0 Å². The molecule has 0 aliphatic carbocycles. The van der Waals surface area contributed by atoms with Gasteiger partial charge in [0, 0.05) is 17.6 Å². The number of hydrogen-bond acceptors (Lipinski definition) is 2. The third-order valence-corrected chi connectivity index (χ3v) is 6.13. The third kappa shape index (κ3) is 6.63. The first-order chi connectivity index (χ1) is 14.3. The van der Waals surface area contributed by atoms with Gasteiger partial charge in [0.05, 0.1) is 16.5 Å². The maximum absolute atomic E-state index is 13.3. The van der Waals surface area contributed by atoms with E-state index in [9.17, 15) is 9.59 Å². The van der Waals surface area contributed by atoms with E-state index in [1.165, 1.54) is 0 Å². The molecule has 1 N–H and O–H groups in total. The molecule has 0 bridgehead atoms. The minimum atomic E-state index is -0.606.